The van der Waals surface area contributed by atoms with Gasteiger partial charge in [0.25, 0.3) is 0 Å². The average molecular weight is 286 g/mol. The highest BCUT2D eigenvalue weighted by atomic mass is 32.1. The first-order valence-corrected chi connectivity index (χ1v) is 7.91. The second-order valence-corrected chi connectivity index (χ2v) is 6.15. The zero-order chi connectivity index (χ0) is 13.9. The Labute approximate surface area is 123 Å². The fourth-order valence-electron chi connectivity index (χ4n) is 2.48. The predicted octanol–water partition coefficient (Wildman–Crippen LogP) is 3.49. The predicted molar refractivity (Wildman–Crippen MR) is 81.6 cm³/mol. The molecule has 2 aromatic rings. The molecular weight excluding hydrogens is 268 g/mol. The van der Waals surface area contributed by atoms with Crippen molar-refractivity contribution < 1.29 is 4.79 Å². The van der Waals surface area contributed by atoms with Crippen LogP contribution in [0.3, 0.4) is 0 Å². The molecule has 0 spiro atoms. The molecule has 1 amide bonds. The van der Waals surface area contributed by atoms with E-state index in [4.69, 9.17) is 4.98 Å². The summed E-state index contributed by atoms with van der Waals surface area (Å²) < 4.78 is 0. The fraction of sp³-hybridized carbons (Fsp3) is 0.375. The van der Waals surface area contributed by atoms with Crippen molar-refractivity contribution in [3.8, 4) is 10.6 Å². The van der Waals surface area contributed by atoms with Gasteiger partial charge in [-0.15, -0.1) is 11.3 Å². The van der Waals surface area contributed by atoms with E-state index in [1.54, 1.807) is 11.3 Å². The molecule has 0 fully saturated rings. The van der Waals surface area contributed by atoms with Crippen LogP contribution in [0.25, 0.3) is 10.6 Å². The van der Waals surface area contributed by atoms with Gasteiger partial charge < -0.3 is 4.90 Å². The second-order valence-electron chi connectivity index (χ2n) is 5.07. The van der Waals surface area contributed by atoms with Crippen LogP contribution in [-0.2, 0) is 17.8 Å². The summed E-state index contributed by atoms with van der Waals surface area (Å²) in [5.41, 5.74) is 2.34. The van der Waals surface area contributed by atoms with Crippen molar-refractivity contribution in [3.63, 3.8) is 0 Å². The number of hydrogen-bond acceptors (Lipinski definition) is 3. The highest BCUT2D eigenvalue weighted by Gasteiger charge is 2.23. The largest absolute Gasteiger partial charge is 0.337 e. The van der Waals surface area contributed by atoms with Crippen LogP contribution < -0.4 is 0 Å². The Morgan fingerprint density at radius 2 is 2.15 bits per heavy atom. The monoisotopic (exact) mass is 286 g/mol. The fourth-order valence-corrected chi connectivity index (χ4v) is 3.61. The van der Waals surface area contributed by atoms with Crippen molar-refractivity contribution in [2.75, 3.05) is 6.54 Å². The Kier molecular flexibility index (Phi) is 3.83. The normalized spacial score (nSPS) is 14.2. The van der Waals surface area contributed by atoms with E-state index in [2.05, 4.69) is 12.1 Å². The van der Waals surface area contributed by atoms with Crippen LogP contribution in [0.2, 0.25) is 0 Å². The van der Waals surface area contributed by atoms with Gasteiger partial charge in [0.2, 0.25) is 5.91 Å². The van der Waals surface area contributed by atoms with Gasteiger partial charge in [0.15, 0.2) is 0 Å². The summed E-state index contributed by atoms with van der Waals surface area (Å²) in [6.07, 6.45) is 2.45. The van der Waals surface area contributed by atoms with Crippen molar-refractivity contribution in [1.29, 1.82) is 0 Å². The third-order valence-corrected chi connectivity index (χ3v) is 4.70. The molecule has 0 radical (unpaired) electrons. The minimum atomic E-state index is 0.271. The molecule has 4 heteroatoms. The number of nitrogens with zero attached hydrogens (tertiary/aromatic N) is 2. The Bertz CT molecular complexity index is 606. The van der Waals surface area contributed by atoms with Crippen molar-refractivity contribution >= 4 is 17.2 Å². The number of carbonyl (C=O) groups is 1. The topological polar surface area (TPSA) is 33.2 Å². The Morgan fingerprint density at radius 1 is 1.35 bits per heavy atom. The third-order valence-electron chi connectivity index (χ3n) is 3.57. The number of hydrogen-bond donors (Lipinski definition) is 0. The Hall–Kier alpha value is -1.68. The summed E-state index contributed by atoms with van der Waals surface area (Å²) in [5.74, 6) is 0.271. The van der Waals surface area contributed by atoms with Gasteiger partial charge in [-0.2, -0.15) is 0 Å². The van der Waals surface area contributed by atoms with Crippen molar-refractivity contribution in [2.45, 2.75) is 32.7 Å². The lowest BCUT2D eigenvalue weighted by atomic mass is 10.1. The number of rotatable bonds is 3. The molecule has 0 saturated heterocycles. The van der Waals surface area contributed by atoms with Crippen LogP contribution in [0.4, 0.5) is 0 Å². The van der Waals surface area contributed by atoms with Crippen molar-refractivity contribution in [3.05, 3.63) is 40.9 Å². The van der Waals surface area contributed by atoms with Gasteiger partial charge in [0.1, 0.15) is 5.01 Å². The second kappa shape index (κ2) is 5.75. The third kappa shape index (κ3) is 2.61. The lowest BCUT2D eigenvalue weighted by molar-refractivity contribution is -0.132. The van der Waals surface area contributed by atoms with E-state index in [0.717, 1.165) is 30.9 Å². The standard InChI is InChI=1S/C16H18N2OS/c1-2-6-15(19)18-10-9-13-14(11-18)20-16(17-13)12-7-4-3-5-8-12/h3-5,7-8H,2,6,9-11H2,1H3. The minimum Gasteiger partial charge on any atom is -0.337 e. The number of carbonyl (C=O) groups excluding carboxylic acids is 1. The zero-order valence-electron chi connectivity index (χ0n) is 11.6. The Balaban J connectivity index is 1.81. The van der Waals surface area contributed by atoms with E-state index in [1.807, 2.05) is 30.0 Å². The molecule has 0 aliphatic carbocycles. The Morgan fingerprint density at radius 3 is 2.90 bits per heavy atom. The highest BCUT2D eigenvalue weighted by molar-refractivity contribution is 7.15. The van der Waals surface area contributed by atoms with E-state index in [9.17, 15) is 4.79 Å². The first-order chi connectivity index (χ1) is 9.78. The van der Waals surface area contributed by atoms with Gasteiger partial charge in [-0.1, -0.05) is 37.3 Å². The van der Waals surface area contributed by atoms with E-state index < -0.39 is 0 Å². The molecule has 0 atom stereocenters. The summed E-state index contributed by atoms with van der Waals surface area (Å²) in [6.45, 7) is 3.59. The van der Waals surface area contributed by atoms with Gasteiger partial charge in [-0.3, -0.25) is 4.79 Å². The molecule has 3 rings (SSSR count). The van der Waals surface area contributed by atoms with Gasteiger partial charge in [0, 0.05) is 29.8 Å². The van der Waals surface area contributed by atoms with Crippen LogP contribution in [-0.4, -0.2) is 22.3 Å². The molecule has 3 nitrogen and oxygen atoms in total. The molecule has 0 saturated carbocycles. The maximum Gasteiger partial charge on any atom is 0.222 e. The molecule has 20 heavy (non-hydrogen) atoms. The zero-order valence-corrected chi connectivity index (χ0v) is 12.4. The van der Waals surface area contributed by atoms with Gasteiger partial charge in [-0.05, 0) is 6.42 Å². The van der Waals surface area contributed by atoms with Gasteiger partial charge in [0.05, 0.1) is 12.2 Å². The summed E-state index contributed by atoms with van der Waals surface area (Å²) >= 11 is 1.72. The molecule has 2 heterocycles. The number of amides is 1. The summed E-state index contributed by atoms with van der Waals surface area (Å²) in [4.78, 5) is 20.0. The van der Waals surface area contributed by atoms with Crippen LogP contribution in [0.15, 0.2) is 30.3 Å². The molecular formula is C16H18N2OS. The minimum absolute atomic E-state index is 0.271. The van der Waals surface area contributed by atoms with Gasteiger partial charge in [-0.25, -0.2) is 4.98 Å². The van der Waals surface area contributed by atoms with E-state index >= 15 is 0 Å². The smallest absolute Gasteiger partial charge is 0.222 e. The summed E-state index contributed by atoms with van der Waals surface area (Å²) in [6, 6.07) is 10.3. The molecule has 0 unspecified atom stereocenters. The van der Waals surface area contributed by atoms with Crippen LogP contribution in [0, 0.1) is 0 Å². The number of aromatic nitrogens is 1. The van der Waals surface area contributed by atoms with Crippen LogP contribution >= 0.6 is 11.3 Å². The first-order valence-electron chi connectivity index (χ1n) is 7.09. The van der Waals surface area contributed by atoms with Crippen LogP contribution in [0.5, 0.6) is 0 Å². The van der Waals surface area contributed by atoms with Crippen molar-refractivity contribution in [1.82, 2.24) is 9.88 Å². The molecule has 0 bridgehead atoms. The van der Waals surface area contributed by atoms with E-state index in [1.165, 1.54) is 16.1 Å². The van der Waals surface area contributed by atoms with E-state index in [0.29, 0.717) is 6.42 Å². The quantitative estimate of drug-likeness (QED) is 0.865. The lowest BCUT2D eigenvalue weighted by Crippen LogP contribution is -2.35. The van der Waals surface area contributed by atoms with Crippen LogP contribution in [0.1, 0.15) is 30.3 Å². The number of fused-ring (bicyclic) bond motifs is 1. The molecule has 104 valence electrons. The first kappa shape index (κ1) is 13.3. The highest BCUT2D eigenvalue weighted by Crippen LogP contribution is 2.31. The van der Waals surface area contributed by atoms with E-state index in [-0.39, 0.29) is 5.91 Å². The SMILES string of the molecule is CCCC(=O)N1CCc2nc(-c3ccccc3)sc2C1. The maximum atomic E-state index is 12.0. The lowest BCUT2D eigenvalue weighted by Gasteiger charge is -2.26. The number of benzene rings is 1. The maximum absolute atomic E-state index is 12.0. The molecule has 1 aromatic carbocycles. The average Bonchev–Trinajstić information content (AvgIpc) is 2.91. The summed E-state index contributed by atoms with van der Waals surface area (Å²) in [5, 5.41) is 1.07. The molecule has 0 N–H and O–H groups in total. The summed E-state index contributed by atoms with van der Waals surface area (Å²) in [7, 11) is 0. The number of thiazole rings is 1. The van der Waals surface area contributed by atoms with Gasteiger partial charge >= 0.3 is 0 Å². The molecule has 1 aromatic heterocycles. The van der Waals surface area contributed by atoms with Crippen molar-refractivity contribution in [2.24, 2.45) is 0 Å². The molecule has 1 aliphatic rings. The molecule has 1 aliphatic heterocycles.